The molecule has 9 heteroatoms. The Morgan fingerprint density at radius 2 is 1.85 bits per heavy atom. The van der Waals surface area contributed by atoms with Crippen molar-refractivity contribution in [3.8, 4) is 0 Å². The normalized spacial score (nSPS) is 21.4. The van der Waals surface area contributed by atoms with Crippen molar-refractivity contribution in [1.82, 2.24) is 9.88 Å². The molecule has 0 bridgehead atoms. The first-order chi connectivity index (χ1) is 16.5. The third kappa shape index (κ3) is 3.99. The van der Waals surface area contributed by atoms with E-state index in [9.17, 15) is 14.4 Å². The molecule has 2 aromatic carbocycles. The standard InChI is InChI=1S/C25H23N3O4S2/c1-17(29)27(20-10-6-3-7-11-20)24-26-19(15-33-24)14-32-23(31)21-16-34-25(13-12-22(30)28(21)25)18-8-4-2-5-9-18/h2-11,15,21H,12-14,16H2,1H3/t21-,25+/m0/s1. The summed E-state index contributed by atoms with van der Waals surface area (Å²) >= 11 is 2.94. The highest BCUT2D eigenvalue weighted by molar-refractivity contribution is 8.00. The number of hydrogen-bond donors (Lipinski definition) is 0. The fourth-order valence-electron chi connectivity index (χ4n) is 4.53. The Labute approximate surface area is 205 Å². The van der Waals surface area contributed by atoms with E-state index in [2.05, 4.69) is 4.98 Å². The molecule has 3 aromatic rings. The summed E-state index contributed by atoms with van der Waals surface area (Å²) in [6.45, 7) is 1.47. The Balaban J connectivity index is 1.29. The smallest absolute Gasteiger partial charge is 0.330 e. The van der Waals surface area contributed by atoms with Gasteiger partial charge in [0.2, 0.25) is 11.8 Å². The van der Waals surface area contributed by atoms with Gasteiger partial charge in [0.05, 0.1) is 11.4 Å². The van der Waals surface area contributed by atoms with Crippen molar-refractivity contribution in [2.75, 3.05) is 10.7 Å². The predicted molar refractivity (Wildman–Crippen MR) is 132 cm³/mol. The largest absolute Gasteiger partial charge is 0.458 e. The van der Waals surface area contributed by atoms with Crippen LogP contribution in [-0.2, 0) is 30.6 Å². The van der Waals surface area contributed by atoms with Gasteiger partial charge in [0, 0.05) is 24.5 Å². The molecule has 2 saturated heterocycles. The Bertz CT molecular complexity index is 1220. The van der Waals surface area contributed by atoms with Crippen LogP contribution in [0, 0.1) is 0 Å². The Morgan fingerprint density at radius 3 is 2.56 bits per heavy atom. The molecule has 7 nitrogen and oxygen atoms in total. The molecule has 2 fully saturated rings. The van der Waals surface area contributed by atoms with Gasteiger partial charge in [0.1, 0.15) is 17.5 Å². The molecule has 2 atom stereocenters. The maximum absolute atomic E-state index is 13.0. The Hall–Kier alpha value is -3.17. The summed E-state index contributed by atoms with van der Waals surface area (Å²) in [5.74, 6) is -0.112. The second kappa shape index (κ2) is 9.23. The lowest BCUT2D eigenvalue weighted by molar-refractivity contribution is -0.155. The molecule has 2 aliphatic rings. The molecule has 174 valence electrons. The van der Waals surface area contributed by atoms with E-state index >= 15 is 0 Å². The van der Waals surface area contributed by atoms with Crippen LogP contribution in [0.2, 0.25) is 0 Å². The number of hydrogen-bond acceptors (Lipinski definition) is 7. The van der Waals surface area contributed by atoms with Crippen molar-refractivity contribution < 1.29 is 19.1 Å². The molecule has 0 N–H and O–H groups in total. The minimum Gasteiger partial charge on any atom is -0.458 e. The van der Waals surface area contributed by atoms with Crippen LogP contribution in [0.5, 0.6) is 0 Å². The number of nitrogens with zero attached hydrogens (tertiary/aromatic N) is 3. The van der Waals surface area contributed by atoms with Gasteiger partial charge < -0.3 is 9.64 Å². The molecule has 2 aliphatic heterocycles. The number of fused-ring (bicyclic) bond motifs is 1. The molecule has 0 unspecified atom stereocenters. The number of anilines is 2. The highest BCUT2D eigenvalue weighted by atomic mass is 32.2. The zero-order chi connectivity index (χ0) is 23.7. The number of esters is 1. The topological polar surface area (TPSA) is 79.8 Å². The number of rotatable bonds is 6. The molecule has 34 heavy (non-hydrogen) atoms. The predicted octanol–water partition coefficient (Wildman–Crippen LogP) is 4.46. The van der Waals surface area contributed by atoms with Crippen molar-refractivity contribution in [1.29, 1.82) is 0 Å². The summed E-state index contributed by atoms with van der Waals surface area (Å²) in [7, 11) is 0. The van der Waals surface area contributed by atoms with Crippen LogP contribution in [0.3, 0.4) is 0 Å². The van der Waals surface area contributed by atoms with E-state index in [1.54, 1.807) is 22.0 Å². The summed E-state index contributed by atoms with van der Waals surface area (Å²) in [5.41, 5.74) is 2.32. The van der Waals surface area contributed by atoms with Crippen LogP contribution in [0.25, 0.3) is 0 Å². The third-order valence-corrected chi connectivity index (χ3v) is 8.52. The minimum absolute atomic E-state index is 0.0165. The van der Waals surface area contributed by atoms with Crippen LogP contribution in [-0.4, -0.2) is 39.5 Å². The fraction of sp³-hybridized carbons (Fsp3) is 0.280. The number of benzene rings is 2. The van der Waals surface area contributed by atoms with Gasteiger partial charge in [-0.3, -0.25) is 14.5 Å². The number of carbonyl (C=O) groups excluding carboxylic acids is 3. The van der Waals surface area contributed by atoms with Crippen molar-refractivity contribution in [2.24, 2.45) is 0 Å². The molecule has 3 heterocycles. The molecular formula is C25H23N3O4S2. The first kappa shape index (κ1) is 22.6. The van der Waals surface area contributed by atoms with E-state index in [1.165, 1.54) is 23.2 Å². The average molecular weight is 494 g/mol. The number of carbonyl (C=O) groups is 3. The number of amides is 2. The Kier molecular flexibility index (Phi) is 6.14. The molecule has 0 aliphatic carbocycles. The first-order valence-corrected chi connectivity index (χ1v) is 12.8. The number of para-hydroxylation sites is 1. The lowest BCUT2D eigenvalue weighted by atomic mass is 10.0. The lowest BCUT2D eigenvalue weighted by Gasteiger charge is -2.33. The summed E-state index contributed by atoms with van der Waals surface area (Å²) in [6, 6.07) is 18.5. The van der Waals surface area contributed by atoms with E-state index in [-0.39, 0.29) is 18.4 Å². The maximum Gasteiger partial charge on any atom is 0.330 e. The molecule has 0 radical (unpaired) electrons. The van der Waals surface area contributed by atoms with Gasteiger partial charge >= 0.3 is 5.97 Å². The van der Waals surface area contributed by atoms with Crippen LogP contribution < -0.4 is 4.90 Å². The number of ether oxygens (including phenoxy) is 1. The van der Waals surface area contributed by atoms with Gasteiger partial charge in [-0.15, -0.1) is 23.1 Å². The second-order valence-corrected chi connectivity index (χ2v) is 10.3. The van der Waals surface area contributed by atoms with E-state index in [0.717, 1.165) is 11.3 Å². The van der Waals surface area contributed by atoms with Crippen molar-refractivity contribution in [3.05, 3.63) is 77.3 Å². The molecule has 1 aromatic heterocycles. The van der Waals surface area contributed by atoms with Crippen molar-refractivity contribution in [3.63, 3.8) is 0 Å². The van der Waals surface area contributed by atoms with E-state index < -0.39 is 16.9 Å². The van der Waals surface area contributed by atoms with Crippen LogP contribution in [0.4, 0.5) is 10.8 Å². The number of aromatic nitrogens is 1. The van der Waals surface area contributed by atoms with Gasteiger partial charge in [0.25, 0.3) is 0 Å². The zero-order valence-corrected chi connectivity index (χ0v) is 20.2. The lowest BCUT2D eigenvalue weighted by Crippen LogP contribution is -2.46. The van der Waals surface area contributed by atoms with Gasteiger partial charge in [-0.25, -0.2) is 9.78 Å². The summed E-state index contributed by atoms with van der Waals surface area (Å²) < 4.78 is 5.60. The molecule has 2 amide bonds. The zero-order valence-electron chi connectivity index (χ0n) is 18.5. The van der Waals surface area contributed by atoms with E-state index in [4.69, 9.17) is 4.74 Å². The SMILES string of the molecule is CC(=O)N(c1ccccc1)c1nc(COC(=O)[C@@H]2CS[C@@]3(c4ccccc4)CCC(=O)N23)cs1. The van der Waals surface area contributed by atoms with Gasteiger partial charge in [0.15, 0.2) is 5.13 Å². The quantitative estimate of drug-likeness (QED) is 0.472. The van der Waals surface area contributed by atoms with Crippen LogP contribution in [0.15, 0.2) is 66.0 Å². The highest BCUT2D eigenvalue weighted by Crippen LogP contribution is 2.54. The minimum atomic E-state index is -0.628. The summed E-state index contributed by atoms with van der Waals surface area (Å²) in [5, 5.41) is 2.29. The molecule has 0 spiro atoms. The van der Waals surface area contributed by atoms with E-state index in [1.807, 2.05) is 60.7 Å². The average Bonchev–Trinajstić information content (AvgIpc) is 3.55. The molecule has 0 saturated carbocycles. The van der Waals surface area contributed by atoms with Gasteiger partial charge in [-0.2, -0.15) is 0 Å². The maximum atomic E-state index is 13.0. The molecular weight excluding hydrogens is 470 g/mol. The molecule has 5 rings (SSSR count). The van der Waals surface area contributed by atoms with E-state index in [0.29, 0.717) is 29.4 Å². The second-order valence-electron chi connectivity index (χ2n) is 8.16. The monoisotopic (exact) mass is 493 g/mol. The van der Waals surface area contributed by atoms with Crippen molar-refractivity contribution in [2.45, 2.75) is 37.3 Å². The van der Waals surface area contributed by atoms with Crippen LogP contribution in [0.1, 0.15) is 31.0 Å². The van der Waals surface area contributed by atoms with Crippen molar-refractivity contribution >= 4 is 51.7 Å². The number of thiazole rings is 1. The third-order valence-electron chi connectivity index (χ3n) is 6.05. The Morgan fingerprint density at radius 1 is 1.15 bits per heavy atom. The fourth-order valence-corrected chi connectivity index (χ4v) is 7.03. The summed E-state index contributed by atoms with van der Waals surface area (Å²) in [6.07, 6.45) is 1.10. The first-order valence-electron chi connectivity index (χ1n) is 11.0. The highest BCUT2D eigenvalue weighted by Gasteiger charge is 2.57. The number of thioether (sulfide) groups is 1. The summed E-state index contributed by atoms with van der Waals surface area (Å²) in [4.78, 5) is 45.3. The van der Waals surface area contributed by atoms with Gasteiger partial charge in [-0.05, 0) is 24.1 Å². The van der Waals surface area contributed by atoms with Crippen LogP contribution >= 0.6 is 23.1 Å². The van der Waals surface area contributed by atoms with Gasteiger partial charge in [-0.1, -0.05) is 48.5 Å².